The zero-order valence-corrected chi connectivity index (χ0v) is 11.8. The molecular formula is C13H27NOS. The molecule has 1 fully saturated rings. The van der Waals surface area contributed by atoms with E-state index in [1.54, 1.807) is 0 Å². The summed E-state index contributed by atoms with van der Waals surface area (Å²) < 4.78 is 0. The first-order valence-electron chi connectivity index (χ1n) is 6.52. The predicted octanol–water partition coefficient (Wildman–Crippen LogP) is 2.66. The Morgan fingerprint density at radius 3 is 2.56 bits per heavy atom. The van der Waals surface area contributed by atoms with Gasteiger partial charge in [-0.05, 0) is 39.5 Å². The Kier molecular flexibility index (Phi) is 6.16. The summed E-state index contributed by atoms with van der Waals surface area (Å²) in [6, 6.07) is 0.672. The third-order valence-corrected chi connectivity index (χ3v) is 4.68. The van der Waals surface area contributed by atoms with Gasteiger partial charge in [0, 0.05) is 24.1 Å². The van der Waals surface area contributed by atoms with Crippen molar-refractivity contribution in [3.8, 4) is 0 Å². The minimum absolute atomic E-state index is 0.526. The molecule has 1 rings (SSSR count). The van der Waals surface area contributed by atoms with Crippen LogP contribution in [-0.4, -0.2) is 34.8 Å². The number of nitrogens with one attached hydrogen (secondary N) is 1. The summed E-state index contributed by atoms with van der Waals surface area (Å²) in [5.74, 6) is 2.83. The lowest BCUT2D eigenvalue weighted by Crippen LogP contribution is -2.34. The van der Waals surface area contributed by atoms with Crippen molar-refractivity contribution in [3.63, 3.8) is 0 Å². The van der Waals surface area contributed by atoms with Gasteiger partial charge in [-0.1, -0.05) is 12.8 Å². The number of hydrogen-bond acceptors (Lipinski definition) is 3. The number of rotatable bonds is 7. The van der Waals surface area contributed by atoms with E-state index in [4.69, 9.17) is 0 Å². The van der Waals surface area contributed by atoms with Crippen molar-refractivity contribution < 1.29 is 5.11 Å². The summed E-state index contributed by atoms with van der Waals surface area (Å²) >= 11 is 1.83. The van der Waals surface area contributed by atoms with E-state index in [2.05, 4.69) is 12.2 Å². The second-order valence-corrected chi connectivity index (χ2v) is 6.76. The average Bonchev–Trinajstić information content (AvgIpc) is 2.67. The van der Waals surface area contributed by atoms with Gasteiger partial charge in [0.25, 0.3) is 0 Å². The van der Waals surface area contributed by atoms with Crippen LogP contribution in [0.2, 0.25) is 0 Å². The lowest BCUT2D eigenvalue weighted by Gasteiger charge is -2.21. The first kappa shape index (κ1) is 14.3. The highest BCUT2D eigenvalue weighted by Gasteiger charge is 2.20. The fourth-order valence-corrected chi connectivity index (χ4v) is 3.21. The normalized spacial score (nSPS) is 20.2. The largest absolute Gasteiger partial charge is 0.390 e. The Morgan fingerprint density at radius 1 is 1.38 bits per heavy atom. The molecule has 3 heteroatoms. The van der Waals surface area contributed by atoms with Gasteiger partial charge in [-0.15, -0.1) is 0 Å². The standard InChI is InChI=1S/C13H27NOS/c1-11(12-6-4-5-7-12)14-8-9-16-10-13(2,3)15/h11-12,14-15H,4-10H2,1-3H3. The molecule has 96 valence electrons. The van der Waals surface area contributed by atoms with E-state index in [0.29, 0.717) is 6.04 Å². The van der Waals surface area contributed by atoms with Crippen LogP contribution in [-0.2, 0) is 0 Å². The first-order chi connectivity index (χ1) is 7.49. The van der Waals surface area contributed by atoms with Crippen LogP contribution < -0.4 is 5.32 Å². The maximum atomic E-state index is 9.56. The molecule has 0 spiro atoms. The maximum absolute atomic E-state index is 9.56. The molecule has 0 bridgehead atoms. The number of hydrogen-bond donors (Lipinski definition) is 2. The van der Waals surface area contributed by atoms with Crippen LogP contribution in [0, 0.1) is 5.92 Å². The highest BCUT2D eigenvalue weighted by atomic mass is 32.2. The smallest absolute Gasteiger partial charge is 0.0681 e. The van der Waals surface area contributed by atoms with Crippen LogP contribution in [0.1, 0.15) is 46.5 Å². The van der Waals surface area contributed by atoms with Crippen LogP contribution in [0.5, 0.6) is 0 Å². The summed E-state index contributed by atoms with van der Waals surface area (Å²) in [5, 5.41) is 13.2. The molecule has 0 aliphatic heterocycles. The van der Waals surface area contributed by atoms with E-state index in [1.165, 1.54) is 25.7 Å². The number of thioether (sulfide) groups is 1. The second kappa shape index (κ2) is 6.87. The molecule has 1 atom stereocenters. The molecule has 0 radical (unpaired) electrons. The van der Waals surface area contributed by atoms with Crippen LogP contribution in [0.3, 0.4) is 0 Å². The number of aliphatic hydroxyl groups is 1. The zero-order chi connectivity index (χ0) is 12.0. The predicted molar refractivity (Wildman–Crippen MR) is 73.0 cm³/mol. The van der Waals surface area contributed by atoms with Crippen LogP contribution in [0.15, 0.2) is 0 Å². The summed E-state index contributed by atoms with van der Waals surface area (Å²) in [4.78, 5) is 0. The van der Waals surface area contributed by atoms with Crippen LogP contribution in [0.25, 0.3) is 0 Å². The quantitative estimate of drug-likeness (QED) is 0.676. The Morgan fingerprint density at radius 2 is 2.00 bits per heavy atom. The Hall–Kier alpha value is 0.270. The lowest BCUT2D eigenvalue weighted by atomic mass is 10.00. The van der Waals surface area contributed by atoms with Gasteiger partial charge in [-0.25, -0.2) is 0 Å². The van der Waals surface area contributed by atoms with Crippen molar-refractivity contribution in [2.45, 2.75) is 58.1 Å². The molecule has 2 N–H and O–H groups in total. The minimum atomic E-state index is -0.526. The fourth-order valence-electron chi connectivity index (χ4n) is 2.30. The minimum Gasteiger partial charge on any atom is -0.390 e. The van der Waals surface area contributed by atoms with E-state index in [-0.39, 0.29) is 0 Å². The molecular weight excluding hydrogens is 218 g/mol. The molecule has 16 heavy (non-hydrogen) atoms. The fraction of sp³-hybridized carbons (Fsp3) is 1.00. The molecule has 0 heterocycles. The van der Waals surface area contributed by atoms with Gasteiger partial charge >= 0.3 is 0 Å². The SMILES string of the molecule is CC(NCCSCC(C)(C)O)C1CCCC1. The van der Waals surface area contributed by atoms with Gasteiger partial charge in [-0.3, -0.25) is 0 Å². The molecule has 0 amide bonds. The Balaban J connectivity index is 1.98. The Labute approximate surface area is 105 Å². The van der Waals surface area contributed by atoms with Crippen molar-refractivity contribution in [1.29, 1.82) is 0 Å². The summed E-state index contributed by atoms with van der Waals surface area (Å²) in [6.07, 6.45) is 5.66. The molecule has 0 aromatic heterocycles. The van der Waals surface area contributed by atoms with Crippen molar-refractivity contribution in [3.05, 3.63) is 0 Å². The van der Waals surface area contributed by atoms with Gasteiger partial charge in [0.15, 0.2) is 0 Å². The molecule has 0 aromatic rings. The van der Waals surface area contributed by atoms with Crippen LogP contribution in [0.4, 0.5) is 0 Å². The third-order valence-electron chi connectivity index (χ3n) is 3.27. The summed E-state index contributed by atoms with van der Waals surface area (Å²) in [5.41, 5.74) is -0.526. The van der Waals surface area contributed by atoms with E-state index in [9.17, 15) is 5.11 Å². The van der Waals surface area contributed by atoms with E-state index < -0.39 is 5.60 Å². The molecule has 1 aliphatic carbocycles. The van der Waals surface area contributed by atoms with Crippen molar-refractivity contribution in [2.24, 2.45) is 5.92 Å². The Bertz CT molecular complexity index is 185. The molecule has 0 saturated heterocycles. The summed E-state index contributed by atoms with van der Waals surface area (Å²) in [7, 11) is 0. The van der Waals surface area contributed by atoms with E-state index in [0.717, 1.165) is 24.0 Å². The monoisotopic (exact) mass is 245 g/mol. The maximum Gasteiger partial charge on any atom is 0.0681 e. The van der Waals surface area contributed by atoms with Crippen molar-refractivity contribution in [1.82, 2.24) is 5.32 Å². The highest BCUT2D eigenvalue weighted by molar-refractivity contribution is 7.99. The van der Waals surface area contributed by atoms with Gasteiger partial charge in [0.05, 0.1) is 5.60 Å². The van der Waals surface area contributed by atoms with Gasteiger partial charge in [0.2, 0.25) is 0 Å². The summed E-state index contributed by atoms with van der Waals surface area (Å²) in [6.45, 7) is 7.12. The van der Waals surface area contributed by atoms with E-state index >= 15 is 0 Å². The topological polar surface area (TPSA) is 32.3 Å². The molecule has 2 nitrogen and oxygen atoms in total. The highest BCUT2D eigenvalue weighted by Crippen LogP contribution is 2.27. The van der Waals surface area contributed by atoms with E-state index in [1.807, 2.05) is 25.6 Å². The van der Waals surface area contributed by atoms with Crippen molar-refractivity contribution in [2.75, 3.05) is 18.1 Å². The first-order valence-corrected chi connectivity index (χ1v) is 7.68. The second-order valence-electron chi connectivity index (χ2n) is 5.65. The molecule has 1 unspecified atom stereocenters. The van der Waals surface area contributed by atoms with Gasteiger partial charge in [0.1, 0.15) is 0 Å². The molecule has 1 aliphatic rings. The van der Waals surface area contributed by atoms with Crippen LogP contribution >= 0.6 is 11.8 Å². The zero-order valence-electron chi connectivity index (χ0n) is 11.0. The van der Waals surface area contributed by atoms with Crippen molar-refractivity contribution >= 4 is 11.8 Å². The molecule has 1 saturated carbocycles. The lowest BCUT2D eigenvalue weighted by molar-refractivity contribution is 0.107. The third kappa shape index (κ3) is 6.12. The van der Waals surface area contributed by atoms with Gasteiger partial charge < -0.3 is 10.4 Å². The van der Waals surface area contributed by atoms with Gasteiger partial charge in [-0.2, -0.15) is 11.8 Å². The average molecular weight is 245 g/mol. The molecule has 0 aromatic carbocycles.